The molecule has 0 saturated carbocycles. The molecular weight excluding hydrogens is 220 g/mol. The standard InChI is InChI=1S/C11H14N4S/c1-7-3-9(12)11(13-4-7)14-5-10-15-8(2)6-16-10/h3-4,6H,5,12H2,1-2H3,(H,13,14). The Morgan fingerprint density at radius 1 is 1.44 bits per heavy atom. The number of nitrogen functional groups attached to an aromatic ring is 1. The minimum Gasteiger partial charge on any atom is -0.396 e. The number of hydrogen-bond acceptors (Lipinski definition) is 5. The summed E-state index contributed by atoms with van der Waals surface area (Å²) in [5, 5.41) is 6.25. The van der Waals surface area contributed by atoms with Crippen molar-refractivity contribution in [3.8, 4) is 0 Å². The highest BCUT2D eigenvalue weighted by Gasteiger charge is 2.02. The normalized spacial score (nSPS) is 10.4. The zero-order valence-corrected chi connectivity index (χ0v) is 10.1. The molecule has 5 heteroatoms. The number of aromatic nitrogens is 2. The Morgan fingerprint density at radius 3 is 2.88 bits per heavy atom. The summed E-state index contributed by atoms with van der Waals surface area (Å²) >= 11 is 1.64. The fourth-order valence-electron chi connectivity index (χ4n) is 1.38. The first-order valence-electron chi connectivity index (χ1n) is 5.02. The largest absolute Gasteiger partial charge is 0.396 e. The number of hydrogen-bond donors (Lipinski definition) is 2. The summed E-state index contributed by atoms with van der Waals surface area (Å²) in [4.78, 5) is 8.60. The van der Waals surface area contributed by atoms with Gasteiger partial charge in [-0.2, -0.15) is 0 Å². The lowest BCUT2D eigenvalue weighted by Crippen LogP contribution is -2.04. The predicted molar refractivity (Wildman–Crippen MR) is 67.6 cm³/mol. The van der Waals surface area contributed by atoms with Crippen LogP contribution in [0.15, 0.2) is 17.6 Å². The van der Waals surface area contributed by atoms with Gasteiger partial charge in [0.15, 0.2) is 0 Å². The first-order valence-corrected chi connectivity index (χ1v) is 5.90. The molecule has 2 rings (SSSR count). The van der Waals surface area contributed by atoms with Crippen LogP contribution in [0.1, 0.15) is 16.3 Å². The topological polar surface area (TPSA) is 63.8 Å². The summed E-state index contributed by atoms with van der Waals surface area (Å²) < 4.78 is 0. The van der Waals surface area contributed by atoms with E-state index < -0.39 is 0 Å². The van der Waals surface area contributed by atoms with E-state index in [1.54, 1.807) is 17.5 Å². The van der Waals surface area contributed by atoms with Crippen LogP contribution in [0.3, 0.4) is 0 Å². The second-order valence-electron chi connectivity index (χ2n) is 3.69. The van der Waals surface area contributed by atoms with Crippen molar-refractivity contribution in [1.82, 2.24) is 9.97 Å². The van der Waals surface area contributed by atoms with Crippen LogP contribution >= 0.6 is 11.3 Å². The van der Waals surface area contributed by atoms with Gasteiger partial charge in [-0.15, -0.1) is 11.3 Å². The van der Waals surface area contributed by atoms with Crippen LogP contribution in [0.5, 0.6) is 0 Å². The number of thiazole rings is 1. The monoisotopic (exact) mass is 234 g/mol. The molecule has 0 aliphatic rings. The first-order chi connectivity index (χ1) is 7.65. The summed E-state index contributed by atoms with van der Waals surface area (Å²) in [5.74, 6) is 0.721. The maximum Gasteiger partial charge on any atom is 0.149 e. The van der Waals surface area contributed by atoms with Crippen molar-refractivity contribution in [2.24, 2.45) is 0 Å². The van der Waals surface area contributed by atoms with Gasteiger partial charge in [0, 0.05) is 17.3 Å². The molecule has 0 aliphatic carbocycles. The third-order valence-electron chi connectivity index (χ3n) is 2.13. The highest BCUT2D eigenvalue weighted by molar-refractivity contribution is 7.09. The van der Waals surface area contributed by atoms with Gasteiger partial charge in [0.05, 0.1) is 12.2 Å². The molecule has 0 fully saturated rings. The van der Waals surface area contributed by atoms with Gasteiger partial charge in [0.1, 0.15) is 10.8 Å². The number of nitrogens with zero attached hydrogens (tertiary/aromatic N) is 2. The summed E-state index contributed by atoms with van der Waals surface area (Å²) in [7, 11) is 0. The molecule has 0 aromatic carbocycles. The molecule has 0 bridgehead atoms. The number of aryl methyl sites for hydroxylation is 2. The number of nitrogens with two attached hydrogens (primary N) is 1. The fourth-order valence-corrected chi connectivity index (χ4v) is 2.09. The van der Waals surface area contributed by atoms with Crippen LogP contribution in [0, 0.1) is 13.8 Å². The molecule has 16 heavy (non-hydrogen) atoms. The van der Waals surface area contributed by atoms with Gasteiger partial charge in [0.25, 0.3) is 0 Å². The SMILES string of the molecule is Cc1cnc(NCc2nc(C)cs2)c(N)c1. The fraction of sp³-hybridized carbons (Fsp3) is 0.273. The first kappa shape index (κ1) is 10.9. The third kappa shape index (κ3) is 2.49. The molecule has 2 heterocycles. The van der Waals surface area contributed by atoms with Gasteiger partial charge in [-0.25, -0.2) is 9.97 Å². The van der Waals surface area contributed by atoms with Gasteiger partial charge >= 0.3 is 0 Å². The summed E-state index contributed by atoms with van der Waals surface area (Å²) in [5.41, 5.74) is 8.63. The number of anilines is 2. The Balaban J connectivity index is 2.04. The Labute approximate surface area is 98.6 Å². The molecule has 2 aromatic rings. The number of pyridine rings is 1. The Hall–Kier alpha value is -1.62. The van der Waals surface area contributed by atoms with Crippen LogP contribution in [-0.2, 0) is 6.54 Å². The summed E-state index contributed by atoms with van der Waals surface area (Å²) in [6.07, 6.45) is 1.80. The second kappa shape index (κ2) is 4.49. The number of rotatable bonds is 3. The zero-order valence-electron chi connectivity index (χ0n) is 9.32. The molecule has 0 saturated heterocycles. The van der Waals surface area contributed by atoms with Crippen molar-refractivity contribution < 1.29 is 0 Å². The van der Waals surface area contributed by atoms with Crippen molar-refractivity contribution in [3.63, 3.8) is 0 Å². The van der Waals surface area contributed by atoms with Crippen molar-refractivity contribution in [2.45, 2.75) is 20.4 Å². The minimum absolute atomic E-state index is 0.665. The van der Waals surface area contributed by atoms with Crippen LogP contribution in [0.4, 0.5) is 11.5 Å². The van der Waals surface area contributed by atoms with E-state index in [-0.39, 0.29) is 0 Å². The van der Waals surface area contributed by atoms with Crippen molar-refractivity contribution in [1.29, 1.82) is 0 Å². The van der Waals surface area contributed by atoms with Crippen molar-refractivity contribution in [3.05, 3.63) is 33.9 Å². The van der Waals surface area contributed by atoms with Crippen LogP contribution in [0.2, 0.25) is 0 Å². The maximum absolute atomic E-state index is 5.85. The average Bonchev–Trinajstić information content (AvgIpc) is 2.63. The zero-order chi connectivity index (χ0) is 11.5. The van der Waals surface area contributed by atoms with Crippen LogP contribution < -0.4 is 11.1 Å². The van der Waals surface area contributed by atoms with E-state index in [4.69, 9.17) is 5.73 Å². The minimum atomic E-state index is 0.665. The lowest BCUT2D eigenvalue weighted by Gasteiger charge is -2.06. The Bertz CT molecular complexity index is 492. The molecule has 0 spiro atoms. The van der Waals surface area contributed by atoms with Crippen LogP contribution in [-0.4, -0.2) is 9.97 Å². The molecule has 0 atom stereocenters. The lowest BCUT2D eigenvalue weighted by molar-refractivity contribution is 1.06. The van der Waals surface area contributed by atoms with Gasteiger partial charge in [-0.3, -0.25) is 0 Å². The van der Waals surface area contributed by atoms with E-state index in [2.05, 4.69) is 15.3 Å². The van der Waals surface area contributed by atoms with E-state index in [1.807, 2.05) is 25.3 Å². The molecular formula is C11H14N4S. The predicted octanol–water partition coefficient (Wildman–Crippen LogP) is 2.35. The van der Waals surface area contributed by atoms with E-state index in [0.717, 1.165) is 22.1 Å². The Morgan fingerprint density at radius 2 is 2.25 bits per heavy atom. The molecule has 4 nitrogen and oxygen atoms in total. The molecule has 0 radical (unpaired) electrons. The van der Waals surface area contributed by atoms with E-state index in [1.165, 1.54) is 0 Å². The maximum atomic E-state index is 5.85. The molecule has 3 N–H and O–H groups in total. The smallest absolute Gasteiger partial charge is 0.149 e. The highest BCUT2D eigenvalue weighted by atomic mass is 32.1. The molecule has 84 valence electrons. The lowest BCUT2D eigenvalue weighted by atomic mass is 10.3. The van der Waals surface area contributed by atoms with E-state index in [0.29, 0.717) is 12.2 Å². The number of nitrogens with one attached hydrogen (secondary N) is 1. The molecule has 2 aromatic heterocycles. The van der Waals surface area contributed by atoms with Gasteiger partial charge in [0.2, 0.25) is 0 Å². The van der Waals surface area contributed by atoms with E-state index in [9.17, 15) is 0 Å². The second-order valence-corrected chi connectivity index (χ2v) is 4.63. The van der Waals surface area contributed by atoms with Gasteiger partial charge in [-0.1, -0.05) is 0 Å². The summed E-state index contributed by atoms with van der Waals surface area (Å²) in [6.45, 7) is 4.62. The van der Waals surface area contributed by atoms with Gasteiger partial charge < -0.3 is 11.1 Å². The molecule has 0 unspecified atom stereocenters. The average molecular weight is 234 g/mol. The van der Waals surface area contributed by atoms with Crippen molar-refractivity contribution >= 4 is 22.8 Å². The third-order valence-corrected chi connectivity index (χ3v) is 3.09. The molecule has 0 aliphatic heterocycles. The van der Waals surface area contributed by atoms with Crippen molar-refractivity contribution in [2.75, 3.05) is 11.1 Å². The molecule has 0 amide bonds. The van der Waals surface area contributed by atoms with Gasteiger partial charge in [-0.05, 0) is 25.5 Å². The van der Waals surface area contributed by atoms with E-state index >= 15 is 0 Å². The quantitative estimate of drug-likeness (QED) is 0.855. The van der Waals surface area contributed by atoms with Crippen LogP contribution in [0.25, 0.3) is 0 Å². The Kier molecular flexibility index (Phi) is 3.05. The highest BCUT2D eigenvalue weighted by Crippen LogP contribution is 2.17. The summed E-state index contributed by atoms with van der Waals surface area (Å²) in [6, 6.07) is 1.91.